The number of hydrogen-bond donors (Lipinski definition) is 2. The van der Waals surface area contributed by atoms with Crippen LogP contribution in [-0.2, 0) is 9.47 Å². The van der Waals surface area contributed by atoms with Crippen molar-refractivity contribution in [2.24, 2.45) is 10.9 Å². The first-order valence-electron chi connectivity index (χ1n) is 9.38. The molecule has 6 nitrogen and oxygen atoms in total. The molecular weight excluding hydrogens is 304 g/mol. The summed E-state index contributed by atoms with van der Waals surface area (Å²) in [7, 11) is 0. The molecule has 0 aliphatic carbocycles. The number of aliphatic imine (C=N–C) groups is 1. The lowest BCUT2D eigenvalue weighted by molar-refractivity contribution is -0.00683. The van der Waals surface area contributed by atoms with Crippen molar-refractivity contribution in [3.63, 3.8) is 0 Å². The van der Waals surface area contributed by atoms with Crippen LogP contribution in [0.15, 0.2) is 4.99 Å². The monoisotopic (exact) mass is 342 g/mol. The van der Waals surface area contributed by atoms with Gasteiger partial charge in [0.15, 0.2) is 5.96 Å². The van der Waals surface area contributed by atoms with Gasteiger partial charge in [-0.05, 0) is 33.1 Å². The van der Waals surface area contributed by atoms with E-state index in [9.17, 15) is 0 Å². The second-order valence-corrected chi connectivity index (χ2v) is 7.36. The van der Waals surface area contributed by atoms with E-state index in [-0.39, 0.29) is 5.54 Å². The smallest absolute Gasteiger partial charge is 0.191 e. The van der Waals surface area contributed by atoms with Crippen molar-refractivity contribution in [2.75, 3.05) is 59.2 Å². The van der Waals surface area contributed by atoms with Gasteiger partial charge in [0.1, 0.15) is 0 Å². The minimum Gasteiger partial charge on any atom is -0.381 e. The fourth-order valence-electron chi connectivity index (χ4n) is 2.58. The van der Waals surface area contributed by atoms with Crippen molar-refractivity contribution < 1.29 is 9.47 Å². The van der Waals surface area contributed by atoms with Crippen LogP contribution in [0.5, 0.6) is 0 Å². The maximum Gasteiger partial charge on any atom is 0.191 e. The highest BCUT2D eigenvalue weighted by Gasteiger charge is 2.27. The zero-order valence-electron chi connectivity index (χ0n) is 16.4. The van der Waals surface area contributed by atoms with Crippen LogP contribution in [0.3, 0.4) is 0 Å². The molecule has 0 aromatic heterocycles. The molecule has 0 unspecified atom stereocenters. The largest absolute Gasteiger partial charge is 0.381 e. The van der Waals surface area contributed by atoms with E-state index >= 15 is 0 Å². The summed E-state index contributed by atoms with van der Waals surface area (Å²) in [6.07, 6.45) is 0.990. The third-order valence-corrected chi connectivity index (χ3v) is 4.04. The lowest BCUT2D eigenvalue weighted by Crippen LogP contribution is -2.52. The zero-order valence-corrected chi connectivity index (χ0v) is 16.4. The molecule has 1 heterocycles. The Bertz CT molecular complexity index is 353. The third kappa shape index (κ3) is 8.85. The Morgan fingerprint density at radius 1 is 1.25 bits per heavy atom. The van der Waals surface area contributed by atoms with Gasteiger partial charge in [0.2, 0.25) is 0 Å². The minimum atomic E-state index is 0.0481. The first-order valence-corrected chi connectivity index (χ1v) is 9.38. The van der Waals surface area contributed by atoms with Crippen LogP contribution in [-0.4, -0.2) is 75.5 Å². The number of nitrogens with one attached hydrogen (secondary N) is 2. The average molecular weight is 343 g/mol. The van der Waals surface area contributed by atoms with E-state index in [2.05, 4.69) is 50.2 Å². The van der Waals surface area contributed by atoms with Crippen LogP contribution in [0.25, 0.3) is 0 Å². The van der Waals surface area contributed by atoms with Crippen molar-refractivity contribution in [3.8, 4) is 0 Å². The van der Waals surface area contributed by atoms with Gasteiger partial charge in [-0.25, -0.2) is 0 Å². The van der Waals surface area contributed by atoms with Crippen molar-refractivity contribution in [2.45, 2.75) is 46.6 Å². The quantitative estimate of drug-likeness (QED) is 0.360. The van der Waals surface area contributed by atoms with Gasteiger partial charge in [0, 0.05) is 44.9 Å². The van der Waals surface area contributed by atoms with Gasteiger partial charge in [0.05, 0.1) is 19.8 Å². The standard InChI is InChI=1S/C18H38N4O2/c1-6-19-17(20-8-7-11-24-14-16(2)3)21-15-18(4,5)22-9-12-23-13-10-22/h16H,6-15H2,1-5H3,(H2,19,20,21). The first-order chi connectivity index (χ1) is 11.5. The minimum absolute atomic E-state index is 0.0481. The van der Waals surface area contributed by atoms with Gasteiger partial charge in [0.25, 0.3) is 0 Å². The Morgan fingerprint density at radius 2 is 1.96 bits per heavy atom. The molecule has 0 saturated carbocycles. The molecule has 0 amide bonds. The predicted molar refractivity (Wildman–Crippen MR) is 101 cm³/mol. The van der Waals surface area contributed by atoms with Crippen LogP contribution in [0.4, 0.5) is 0 Å². The summed E-state index contributed by atoms with van der Waals surface area (Å²) in [6, 6.07) is 0. The fourth-order valence-corrected chi connectivity index (χ4v) is 2.58. The maximum absolute atomic E-state index is 5.61. The molecule has 0 aromatic carbocycles. The number of hydrogen-bond acceptors (Lipinski definition) is 4. The highest BCUT2D eigenvalue weighted by Crippen LogP contribution is 2.16. The van der Waals surface area contributed by atoms with Gasteiger partial charge in [-0.15, -0.1) is 0 Å². The molecule has 1 saturated heterocycles. The van der Waals surface area contributed by atoms with Gasteiger partial charge in [-0.2, -0.15) is 0 Å². The first kappa shape index (κ1) is 21.2. The summed E-state index contributed by atoms with van der Waals surface area (Å²) in [5, 5.41) is 6.72. The molecule has 6 heteroatoms. The lowest BCUT2D eigenvalue weighted by atomic mass is 10.0. The molecule has 0 bridgehead atoms. The summed E-state index contributed by atoms with van der Waals surface area (Å²) >= 11 is 0. The van der Waals surface area contributed by atoms with Crippen molar-refractivity contribution in [1.29, 1.82) is 0 Å². The number of morpholine rings is 1. The Kier molecular flexibility index (Phi) is 10.3. The SMILES string of the molecule is CCNC(=NCC(C)(C)N1CCOCC1)NCCCOCC(C)C. The van der Waals surface area contributed by atoms with Crippen molar-refractivity contribution in [1.82, 2.24) is 15.5 Å². The molecular formula is C18H38N4O2. The number of ether oxygens (including phenoxy) is 2. The van der Waals surface area contributed by atoms with E-state index in [1.807, 2.05) is 0 Å². The van der Waals surface area contributed by atoms with Gasteiger partial charge in [-0.3, -0.25) is 9.89 Å². The summed E-state index contributed by atoms with van der Waals surface area (Å²) in [6.45, 7) is 18.7. The Hall–Kier alpha value is -0.850. The van der Waals surface area contributed by atoms with E-state index < -0.39 is 0 Å². The second kappa shape index (κ2) is 11.7. The zero-order chi connectivity index (χ0) is 17.8. The summed E-state index contributed by atoms with van der Waals surface area (Å²) in [5.74, 6) is 1.49. The van der Waals surface area contributed by atoms with Crippen LogP contribution in [0, 0.1) is 5.92 Å². The lowest BCUT2D eigenvalue weighted by Gasteiger charge is -2.39. The molecule has 0 spiro atoms. The molecule has 1 fully saturated rings. The number of guanidine groups is 1. The second-order valence-electron chi connectivity index (χ2n) is 7.36. The molecule has 0 atom stereocenters. The average Bonchev–Trinajstić information content (AvgIpc) is 2.56. The van der Waals surface area contributed by atoms with E-state index in [0.29, 0.717) is 5.92 Å². The summed E-state index contributed by atoms with van der Waals surface area (Å²) in [5.41, 5.74) is 0.0481. The van der Waals surface area contributed by atoms with Crippen LogP contribution < -0.4 is 10.6 Å². The molecule has 24 heavy (non-hydrogen) atoms. The highest BCUT2D eigenvalue weighted by atomic mass is 16.5. The molecule has 0 aromatic rings. The summed E-state index contributed by atoms with van der Waals surface area (Å²) < 4.78 is 11.1. The normalized spacial score (nSPS) is 17.3. The molecule has 142 valence electrons. The Morgan fingerprint density at radius 3 is 2.58 bits per heavy atom. The van der Waals surface area contributed by atoms with Crippen molar-refractivity contribution >= 4 is 5.96 Å². The topological polar surface area (TPSA) is 58.1 Å². The van der Waals surface area contributed by atoms with Gasteiger partial charge < -0.3 is 20.1 Å². The van der Waals surface area contributed by atoms with Crippen LogP contribution >= 0.6 is 0 Å². The molecule has 1 aliphatic rings. The Labute approximate surface area is 148 Å². The van der Waals surface area contributed by atoms with Crippen LogP contribution in [0.2, 0.25) is 0 Å². The third-order valence-electron chi connectivity index (χ3n) is 4.04. The van der Waals surface area contributed by atoms with Gasteiger partial charge in [-0.1, -0.05) is 13.8 Å². The van der Waals surface area contributed by atoms with Crippen LogP contribution in [0.1, 0.15) is 41.0 Å². The number of rotatable bonds is 10. The number of nitrogens with zero attached hydrogens (tertiary/aromatic N) is 2. The molecule has 1 aliphatic heterocycles. The van der Waals surface area contributed by atoms with E-state index in [1.165, 1.54) is 0 Å². The van der Waals surface area contributed by atoms with E-state index in [0.717, 1.165) is 71.5 Å². The predicted octanol–water partition coefficient (Wildman–Crippen LogP) is 1.72. The molecule has 0 radical (unpaired) electrons. The van der Waals surface area contributed by atoms with Crippen molar-refractivity contribution in [3.05, 3.63) is 0 Å². The molecule has 2 N–H and O–H groups in total. The van der Waals surface area contributed by atoms with E-state index in [1.54, 1.807) is 0 Å². The maximum atomic E-state index is 5.61. The molecule has 1 rings (SSSR count). The Balaban J connectivity index is 2.35. The summed E-state index contributed by atoms with van der Waals surface area (Å²) in [4.78, 5) is 7.24. The highest BCUT2D eigenvalue weighted by molar-refractivity contribution is 5.79. The fraction of sp³-hybridized carbons (Fsp3) is 0.944. The van der Waals surface area contributed by atoms with Gasteiger partial charge >= 0.3 is 0 Å². The van der Waals surface area contributed by atoms with E-state index in [4.69, 9.17) is 14.5 Å².